The fraction of sp³-hybridized carbons (Fsp3) is 0.107. The SMILES string of the molecule is CCc1ccccc1Cn1c2cc(-c3ccccc3)c[c]c2c2c(C(N)=O)cccc21. The Hall–Kier alpha value is -3.85. The van der Waals surface area contributed by atoms with Crippen LogP contribution in [0.4, 0.5) is 0 Å². The Kier molecular flexibility index (Phi) is 4.79. The summed E-state index contributed by atoms with van der Waals surface area (Å²) in [5, 5.41) is 1.80. The van der Waals surface area contributed by atoms with E-state index in [-0.39, 0.29) is 0 Å². The largest absolute Gasteiger partial charge is 0.366 e. The van der Waals surface area contributed by atoms with Crippen molar-refractivity contribution in [2.45, 2.75) is 19.9 Å². The van der Waals surface area contributed by atoms with E-state index in [0.29, 0.717) is 5.56 Å². The molecule has 0 aliphatic heterocycles. The zero-order valence-electron chi connectivity index (χ0n) is 17.4. The van der Waals surface area contributed by atoms with Crippen molar-refractivity contribution in [2.24, 2.45) is 5.73 Å². The number of carbonyl (C=O) groups is 1. The van der Waals surface area contributed by atoms with Gasteiger partial charge in [0.15, 0.2) is 0 Å². The first-order valence-corrected chi connectivity index (χ1v) is 10.6. The Bertz CT molecular complexity index is 1410. The monoisotopic (exact) mass is 403 g/mol. The molecule has 1 heterocycles. The molecule has 31 heavy (non-hydrogen) atoms. The van der Waals surface area contributed by atoms with Crippen molar-refractivity contribution in [3.63, 3.8) is 0 Å². The van der Waals surface area contributed by atoms with Gasteiger partial charge in [0.2, 0.25) is 5.91 Å². The summed E-state index contributed by atoms with van der Waals surface area (Å²) in [5.41, 5.74) is 13.2. The molecule has 1 radical (unpaired) electrons. The number of nitrogens with two attached hydrogens (primary N) is 1. The van der Waals surface area contributed by atoms with Crippen LogP contribution in [-0.4, -0.2) is 10.5 Å². The van der Waals surface area contributed by atoms with E-state index in [1.54, 1.807) is 6.07 Å². The summed E-state index contributed by atoms with van der Waals surface area (Å²) in [5.74, 6) is -0.417. The highest BCUT2D eigenvalue weighted by Crippen LogP contribution is 2.35. The number of primary amides is 1. The van der Waals surface area contributed by atoms with Crippen molar-refractivity contribution >= 4 is 27.7 Å². The molecule has 0 atom stereocenters. The van der Waals surface area contributed by atoms with E-state index in [9.17, 15) is 4.79 Å². The summed E-state index contributed by atoms with van der Waals surface area (Å²) < 4.78 is 2.29. The summed E-state index contributed by atoms with van der Waals surface area (Å²) in [4.78, 5) is 12.2. The van der Waals surface area contributed by atoms with Gasteiger partial charge in [-0.2, -0.15) is 0 Å². The number of fused-ring (bicyclic) bond motifs is 3. The van der Waals surface area contributed by atoms with Crippen molar-refractivity contribution in [2.75, 3.05) is 0 Å². The highest BCUT2D eigenvalue weighted by atomic mass is 16.1. The summed E-state index contributed by atoms with van der Waals surface area (Å²) in [6, 6.07) is 32.2. The van der Waals surface area contributed by atoms with Crippen LogP contribution in [0.15, 0.2) is 84.9 Å². The van der Waals surface area contributed by atoms with Gasteiger partial charge in [0, 0.05) is 22.9 Å². The molecule has 0 spiro atoms. The highest BCUT2D eigenvalue weighted by Gasteiger charge is 2.18. The summed E-state index contributed by atoms with van der Waals surface area (Å²) in [6.45, 7) is 2.90. The Morgan fingerprint density at radius 3 is 2.35 bits per heavy atom. The average molecular weight is 404 g/mol. The van der Waals surface area contributed by atoms with E-state index in [1.165, 1.54) is 11.1 Å². The van der Waals surface area contributed by atoms with Gasteiger partial charge in [-0.1, -0.05) is 67.6 Å². The number of nitrogens with zero attached hydrogens (tertiary/aromatic N) is 1. The van der Waals surface area contributed by atoms with Gasteiger partial charge >= 0.3 is 0 Å². The number of amides is 1. The summed E-state index contributed by atoms with van der Waals surface area (Å²) >= 11 is 0. The van der Waals surface area contributed by atoms with Gasteiger partial charge < -0.3 is 10.3 Å². The molecule has 1 aromatic heterocycles. The maximum absolute atomic E-state index is 12.2. The predicted octanol–water partition coefficient (Wildman–Crippen LogP) is 5.97. The normalized spacial score (nSPS) is 11.3. The van der Waals surface area contributed by atoms with E-state index in [1.807, 2.05) is 30.3 Å². The van der Waals surface area contributed by atoms with Crippen LogP contribution in [-0.2, 0) is 13.0 Å². The molecular formula is C28H23N2O. The van der Waals surface area contributed by atoms with Gasteiger partial charge in [0.1, 0.15) is 0 Å². The van der Waals surface area contributed by atoms with Crippen LogP contribution in [0.25, 0.3) is 32.9 Å². The molecule has 0 bridgehead atoms. The van der Waals surface area contributed by atoms with Gasteiger partial charge in [0.25, 0.3) is 0 Å². The average Bonchev–Trinajstić information content (AvgIpc) is 3.13. The van der Waals surface area contributed by atoms with Crippen molar-refractivity contribution in [1.29, 1.82) is 0 Å². The summed E-state index contributed by atoms with van der Waals surface area (Å²) in [7, 11) is 0. The zero-order valence-corrected chi connectivity index (χ0v) is 17.4. The number of carbonyl (C=O) groups excluding carboxylic acids is 1. The maximum Gasteiger partial charge on any atom is 0.249 e. The third-order valence-corrected chi connectivity index (χ3v) is 5.99. The predicted molar refractivity (Wildman–Crippen MR) is 127 cm³/mol. The van der Waals surface area contributed by atoms with Crippen LogP contribution in [0.3, 0.4) is 0 Å². The van der Waals surface area contributed by atoms with Crippen LogP contribution < -0.4 is 5.73 Å². The second-order valence-corrected chi connectivity index (χ2v) is 7.79. The lowest BCUT2D eigenvalue weighted by Crippen LogP contribution is -2.11. The van der Waals surface area contributed by atoms with E-state index >= 15 is 0 Å². The van der Waals surface area contributed by atoms with Gasteiger partial charge in [-0.05, 0) is 59.0 Å². The summed E-state index contributed by atoms with van der Waals surface area (Å²) in [6.07, 6.45) is 0.973. The van der Waals surface area contributed by atoms with E-state index in [2.05, 4.69) is 66.1 Å². The molecule has 2 N–H and O–H groups in total. The molecule has 3 nitrogen and oxygen atoms in total. The quantitative estimate of drug-likeness (QED) is 0.386. The zero-order chi connectivity index (χ0) is 21.4. The number of aryl methyl sites for hydroxylation is 1. The molecule has 0 saturated carbocycles. The lowest BCUT2D eigenvalue weighted by Gasteiger charge is -2.12. The molecule has 3 heteroatoms. The van der Waals surface area contributed by atoms with Crippen LogP contribution >= 0.6 is 0 Å². The lowest BCUT2D eigenvalue weighted by molar-refractivity contribution is 0.100. The second-order valence-electron chi connectivity index (χ2n) is 7.79. The van der Waals surface area contributed by atoms with Gasteiger partial charge in [-0.25, -0.2) is 0 Å². The molecule has 0 unspecified atom stereocenters. The van der Waals surface area contributed by atoms with Crippen LogP contribution in [0.5, 0.6) is 0 Å². The van der Waals surface area contributed by atoms with Crippen LogP contribution in [0, 0.1) is 6.07 Å². The Morgan fingerprint density at radius 1 is 0.871 bits per heavy atom. The lowest BCUT2D eigenvalue weighted by atomic mass is 10.0. The van der Waals surface area contributed by atoms with Crippen molar-refractivity contribution in [3.05, 3.63) is 108 Å². The minimum absolute atomic E-state index is 0.417. The van der Waals surface area contributed by atoms with E-state index in [4.69, 9.17) is 5.73 Å². The standard InChI is InChI=1S/C28H23N2O/c1-2-19-9-6-7-12-22(19)18-30-25-14-8-13-24(28(29)31)27(25)23-16-15-21(17-26(23)30)20-10-4-3-5-11-20/h3-15,17H,2,18H2,1H3,(H2,29,31). The number of benzene rings is 4. The minimum Gasteiger partial charge on any atom is -0.366 e. The van der Waals surface area contributed by atoms with Crippen molar-refractivity contribution in [3.8, 4) is 11.1 Å². The molecule has 151 valence electrons. The molecule has 5 aromatic rings. The topological polar surface area (TPSA) is 48.0 Å². The molecule has 0 saturated heterocycles. The number of hydrogen-bond acceptors (Lipinski definition) is 1. The van der Waals surface area contributed by atoms with Crippen molar-refractivity contribution in [1.82, 2.24) is 4.57 Å². The fourth-order valence-corrected chi connectivity index (χ4v) is 4.46. The molecule has 5 rings (SSSR count). The van der Waals surface area contributed by atoms with Gasteiger partial charge in [0.05, 0.1) is 11.0 Å². The molecule has 4 aromatic carbocycles. The molecule has 0 aliphatic rings. The number of aromatic nitrogens is 1. The van der Waals surface area contributed by atoms with Gasteiger partial charge in [-0.15, -0.1) is 0 Å². The minimum atomic E-state index is -0.417. The first kappa shape index (κ1) is 19.1. The Morgan fingerprint density at radius 2 is 1.61 bits per heavy atom. The van der Waals surface area contributed by atoms with E-state index < -0.39 is 5.91 Å². The molecule has 1 amide bonds. The first-order chi connectivity index (χ1) is 15.2. The Balaban J connectivity index is 1.82. The smallest absolute Gasteiger partial charge is 0.249 e. The van der Waals surface area contributed by atoms with Gasteiger partial charge in [-0.3, -0.25) is 4.79 Å². The van der Waals surface area contributed by atoms with Crippen molar-refractivity contribution < 1.29 is 4.79 Å². The number of rotatable bonds is 5. The molecule has 0 fully saturated rings. The molecular weight excluding hydrogens is 380 g/mol. The molecule has 0 aliphatic carbocycles. The highest BCUT2D eigenvalue weighted by molar-refractivity contribution is 6.18. The first-order valence-electron chi connectivity index (χ1n) is 10.6. The van der Waals surface area contributed by atoms with E-state index in [0.717, 1.165) is 45.9 Å². The third-order valence-electron chi connectivity index (χ3n) is 5.99. The Labute approximate surface area is 181 Å². The second kappa shape index (κ2) is 7.77. The van der Waals surface area contributed by atoms with Crippen LogP contribution in [0.2, 0.25) is 0 Å². The number of hydrogen-bond donors (Lipinski definition) is 1. The van der Waals surface area contributed by atoms with Crippen LogP contribution in [0.1, 0.15) is 28.4 Å². The maximum atomic E-state index is 12.2. The fourth-order valence-electron chi connectivity index (χ4n) is 4.46. The third kappa shape index (κ3) is 3.28.